The number of hydrogen-bond acceptors (Lipinski definition) is 7. The number of hydrogen-bond donors (Lipinski definition) is 3. The summed E-state index contributed by atoms with van der Waals surface area (Å²) >= 11 is 1.53. The lowest BCUT2D eigenvalue weighted by molar-refractivity contribution is 0.0981. The van der Waals surface area contributed by atoms with Gasteiger partial charge in [0.05, 0.1) is 0 Å². The molecule has 0 fully saturated rings. The number of para-hydroxylation sites is 1. The molecule has 0 amide bonds. The van der Waals surface area contributed by atoms with E-state index in [0.29, 0.717) is 6.54 Å². The number of nitrogens with zero attached hydrogens (tertiary/aromatic N) is 2. The van der Waals surface area contributed by atoms with Crippen molar-refractivity contribution in [2.45, 2.75) is 45.3 Å². The van der Waals surface area contributed by atoms with Crippen LogP contribution in [0.4, 0.5) is 0 Å². The van der Waals surface area contributed by atoms with Crippen molar-refractivity contribution in [1.82, 2.24) is 15.5 Å². The van der Waals surface area contributed by atoms with Crippen molar-refractivity contribution in [3.05, 3.63) is 69.7 Å². The quantitative estimate of drug-likeness (QED) is 0.397. The van der Waals surface area contributed by atoms with Gasteiger partial charge < -0.3 is 20.3 Å². The highest BCUT2D eigenvalue weighted by molar-refractivity contribution is 7.12. The van der Waals surface area contributed by atoms with Gasteiger partial charge in [0.15, 0.2) is 0 Å². The normalized spacial score (nSPS) is 12.9. The third kappa shape index (κ3) is 7.75. The third-order valence-corrected chi connectivity index (χ3v) is 5.89. The number of benzene rings is 2. The molecule has 0 aliphatic heterocycles. The number of rotatable bonds is 11. The van der Waals surface area contributed by atoms with Crippen LogP contribution in [0.1, 0.15) is 41.4 Å². The maximum absolute atomic E-state index is 10.4. The minimum absolute atomic E-state index is 0.139. The molecule has 2 aromatic carbocycles. The number of ether oxygens (including phenoxy) is 1. The second-order valence-electron chi connectivity index (χ2n) is 8.43. The van der Waals surface area contributed by atoms with Crippen LogP contribution in [0, 0.1) is 6.92 Å². The number of aromatic nitrogens is 2. The minimum Gasteiger partial charge on any atom is -0.508 e. The molecule has 1 unspecified atom stereocenters. The van der Waals surface area contributed by atoms with E-state index in [4.69, 9.17) is 4.74 Å². The number of aliphatic hydroxyl groups excluding tert-OH is 1. The van der Waals surface area contributed by atoms with Gasteiger partial charge in [-0.3, -0.25) is 0 Å². The summed E-state index contributed by atoms with van der Waals surface area (Å²) < 4.78 is 5.90. The molecule has 32 heavy (non-hydrogen) atoms. The van der Waals surface area contributed by atoms with Crippen LogP contribution >= 0.6 is 11.3 Å². The fraction of sp³-hybridized carbons (Fsp3) is 0.360. The average Bonchev–Trinajstić information content (AvgIpc) is 3.20. The molecule has 3 N–H and O–H groups in total. The molecular formula is C25H31N3O3S. The first-order chi connectivity index (χ1) is 15.3. The molecule has 6 nitrogen and oxygen atoms in total. The van der Waals surface area contributed by atoms with Crippen molar-refractivity contribution >= 4 is 23.5 Å². The predicted molar refractivity (Wildman–Crippen MR) is 130 cm³/mol. The standard InChI is InChI=1S/C25H31N3O3S/c1-18-27-28-24(32-18)13-10-20-6-4-5-7-23(20)31-17-22(30)16-26-25(2,3)15-14-19-8-11-21(29)12-9-19/h4-13,22,26,29-30H,14-17H2,1-3H3/b13-10-. The van der Waals surface area contributed by atoms with Crippen LogP contribution in [0.3, 0.4) is 0 Å². The van der Waals surface area contributed by atoms with Crippen LogP contribution in [0.2, 0.25) is 0 Å². The van der Waals surface area contributed by atoms with E-state index in [1.165, 1.54) is 16.9 Å². The predicted octanol–water partition coefficient (Wildman–Crippen LogP) is 4.46. The van der Waals surface area contributed by atoms with E-state index in [0.717, 1.165) is 34.2 Å². The molecule has 0 spiro atoms. The van der Waals surface area contributed by atoms with Gasteiger partial charge in [-0.1, -0.05) is 41.7 Å². The number of β-amino-alcohol motifs (C(OH)–C–C–N with tert-alkyl or cyclic N) is 1. The average molecular weight is 454 g/mol. The van der Waals surface area contributed by atoms with E-state index in [9.17, 15) is 10.2 Å². The van der Waals surface area contributed by atoms with Crippen molar-refractivity contribution in [3.63, 3.8) is 0 Å². The lowest BCUT2D eigenvalue weighted by Crippen LogP contribution is -2.45. The largest absolute Gasteiger partial charge is 0.508 e. The van der Waals surface area contributed by atoms with Crippen molar-refractivity contribution in [2.75, 3.05) is 13.2 Å². The lowest BCUT2D eigenvalue weighted by atomic mass is 9.95. The Morgan fingerprint density at radius 2 is 1.84 bits per heavy atom. The first-order valence-corrected chi connectivity index (χ1v) is 11.5. The lowest BCUT2D eigenvalue weighted by Gasteiger charge is -2.28. The zero-order valence-corrected chi connectivity index (χ0v) is 19.6. The summed E-state index contributed by atoms with van der Waals surface area (Å²) in [5.41, 5.74) is 1.96. The van der Waals surface area contributed by atoms with Crippen molar-refractivity contribution in [1.29, 1.82) is 0 Å². The van der Waals surface area contributed by atoms with Gasteiger partial charge in [-0.25, -0.2) is 0 Å². The van der Waals surface area contributed by atoms with Gasteiger partial charge in [-0.05, 0) is 69.5 Å². The van der Waals surface area contributed by atoms with E-state index in [-0.39, 0.29) is 17.9 Å². The molecule has 170 valence electrons. The summed E-state index contributed by atoms with van der Waals surface area (Å²) in [5, 5.41) is 33.2. The Balaban J connectivity index is 1.46. The Labute approximate surface area is 193 Å². The molecule has 1 aromatic heterocycles. The van der Waals surface area contributed by atoms with Crippen molar-refractivity contribution in [3.8, 4) is 11.5 Å². The number of aliphatic hydroxyl groups is 1. The first-order valence-electron chi connectivity index (χ1n) is 10.7. The van der Waals surface area contributed by atoms with Crippen molar-refractivity contribution < 1.29 is 14.9 Å². The van der Waals surface area contributed by atoms with E-state index in [1.807, 2.05) is 55.5 Å². The van der Waals surface area contributed by atoms with Crippen LogP contribution in [0.15, 0.2) is 48.5 Å². The van der Waals surface area contributed by atoms with Crippen molar-refractivity contribution in [2.24, 2.45) is 0 Å². The van der Waals surface area contributed by atoms with Gasteiger partial charge in [0.25, 0.3) is 0 Å². The fourth-order valence-electron chi connectivity index (χ4n) is 3.14. The summed E-state index contributed by atoms with van der Waals surface area (Å²) in [6.45, 7) is 6.80. The molecule has 0 radical (unpaired) electrons. The maximum Gasteiger partial charge on any atom is 0.140 e. The molecule has 7 heteroatoms. The number of phenols is 1. The Morgan fingerprint density at radius 3 is 2.56 bits per heavy atom. The van der Waals surface area contributed by atoms with E-state index in [1.54, 1.807) is 12.1 Å². The molecule has 0 bridgehead atoms. The fourth-order valence-corrected chi connectivity index (χ4v) is 3.74. The number of phenolic OH excluding ortho intramolecular Hbond substituents is 1. The van der Waals surface area contributed by atoms with E-state index in [2.05, 4.69) is 29.4 Å². The second-order valence-corrected chi connectivity index (χ2v) is 9.64. The zero-order chi connectivity index (χ0) is 23.0. The zero-order valence-electron chi connectivity index (χ0n) is 18.8. The molecule has 0 aliphatic rings. The van der Waals surface area contributed by atoms with Crippen LogP contribution in [-0.2, 0) is 6.42 Å². The molecule has 0 saturated heterocycles. The SMILES string of the molecule is Cc1nnc(/C=C\c2ccccc2OCC(O)CNC(C)(C)CCc2ccc(O)cc2)s1. The van der Waals surface area contributed by atoms with Crippen LogP contribution in [0.25, 0.3) is 12.2 Å². The van der Waals surface area contributed by atoms with E-state index >= 15 is 0 Å². The Bertz CT molecular complexity index is 1020. The van der Waals surface area contributed by atoms with Gasteiger partial charge in [0, 0.05) is 17.6 Å². The number of aromatic hydroxyl groups is 1. The van der Waals surface area contributed by atoms with Gasteiger partial charge in [-0.15, -0.1) is 10.2 Å². The summed E-state index contributed by atoms with van der Waals surface area (Å²) in [6.07, 6.45) is 5.03. The first kappa shape index (κ1) is 23.9. The maximum atomic E-state index is 10.4. The molecule has 3 rings (SSSR count). The van der Waals surface area contributed by atoms with Gasteiger partial charge in [0.1, 0.15) is 34.2 Å². The third-order valence-electron chi connectivity index (χ3n) is 5.09. The summed E-state index contributed by atoms with van der Waals surface area (Å²) in [4.78, 5) is 0. The molecule has 3 aromatic rings. The molecular weight excluding hydrogens is 422 g/mol. The summed E-state index contributed by atoms with van der Waals surface area (Å²) in [7, 11) is 0. The molecule has 1 atom stereocenters. The molecule has 0 aliphatic carbocycles. The van der Waals surface area contributed by atoms with Crippen LogP contribution < -0.4 is 10.1 Å². The highest BCUT2D eigenvalue weighted by atomic mass is 32.1. The molecule has 1 heterocycles. The highest BCUT2D eigenvalue weighted by Crippen LogP contribution is 2.22. The smallest absolute Gasteiger partial charge is 0.140 e. The number of aryl methyl sites for hydroxylation is 2. The van der Waals surface area contributed by atoms with Crippen LogP contribution in [0.5, 0.6) is 11.5 Å². The van der Waals surface area contributed by atoms with Gasteiger partial charge in [-0.2, -0.15) is 0 Å². The van der Waals surface area contributed by atoms with Gasteiger partial charge in [0.2, 0.25) is 0 Å². The summed E-state index contributed by atoms with van der Waals surface area (Å²) in [6, 6.07) is 15.0. The highest BCUT2D eigenvalue weighted by Gasteiger charge is 2.19. The molecule has 0 saturated carbocycles. The Morgan fingerprint density at radius 1 is 1.09 bits per heavy atom. The summed E-state index contributed by atoms with van der Waals surface area (Å²) in [5.74, 6) is 0.997. The van der Waals surface area contributed by atoms with Crippen LogP contribution in [-0.4, -0.2) is 45.2 Å². The topological polar surface area (TPSA) is 87.5 Å². The Hall–Kier alpha value is -2.74. The Kier molecular flexibility index (Phi) is 8.39. The second kappa shape index (κ2) is 11.2. The van der Waals surface area contributed by atoms with Gasteiger partial charge >= 0.3 is 0 Å². The minimum atomic E-state index is -0.634. The number of nitrogens with one attached hydrogen (secondary N) is 1. The monoisotopic (exact) mass is 453 g/mol. The van der Waals surface area contributed by atoms with E-state index < -0.39 is 6.10 Å².